The van der Waals surface area contributed by atoms with Crippen molar-refractivity contribution in [2.45, 2.75) is 29.4 Å². The molecule has 0 atom stereocenters. The van der Waals surface area contributed by atoms with Gasteiger partial charge in [-0.25, -0.2) is 26.4 Å². The number of amides is 2. The van der Waals surface area contributed by atoms with E-state index in [-0.39, 0.29) is 40.6 Å². The highest BCUT2D eigenvalue weighted by Crippen LogP contribution is 2.37. The van der Waals surface area contributed by atoms with Crippen LogP contribution in [-0.2, 0) is 39.7 Å². The second-order valence-electron chi connectivity index (χ2n) is 11.9. The molecule has 2 amide bonds. The molecule has 2 N–H and O–H groups in total. The summed E-state index contributed by atoms with van der Waals surface area (Å²) >= 11 is 12.3. The van der Waals surface area contributed by atoms with Crippen LogP contribution >= 0.6 is 23.2 Å². The van der Waals surface area contributed by atoms with E-state index in [1.54, 1.807) is 57.5 Å². The van der Waals surface area contributed by atoms with Crippen molar-refractivity contribution in [3.63, 3.8) is 0 Å². The van der Waals surface area contributed by atoms with E-state index in [0.717, 1.165) is 17.2 Å². The second kappa shape index (κ2) is 15.9. The number of halogens is 2. The molecule has 0 aliphatic rings. The summed E-state index contributed by atoms with van der Waals surface area (Å²) in [5, 5.41) is 10.5. The molecule has 0 saturated carbocycles. The fourth-order valence-corrected chi connectivity index (χ4v) is 8.53. The number of sulfonamides is 2. The minimum absolute atomic E-state index is 0.0231. The van der Waals surface area contributed by atoms with Crippen molar-refractivity contribution in [3.8, 4) is 16.9 Å². The predicted octanol–water partition coefficient (Wildman–Crippen LogP) is 7.35. The van der Waals surface area contributed by atoms with E-state index in [9.17, 15) is 26.7 Å². The van der Waals surface area contributed by atoms with Gasteiger partial charge in [-0.1, -0.05) is 108 Å². The fraction of sp³-hybridized carbons (Fsp3) is 0.162. The van der Waals surface area contributed by atoms with Crippen molar-refractivity contribution in [1.29, 1.82) is 0 Å². The monoisotopic (exact) mass is 766 g/mol. The molecule has 0 aliphatic carbocycles. The Morgan fingerprint density at radius 1 is 0.706 bits per heavy atom. The molecular formula is C37H36Cl2N4O6S2. The van der Waals surface area contributed by atoms with Gasteiger partial charge in [-0.3, -0.25) is 4.90 Å². The predicted molar refractivity (Wildman–Crippen MR) is 201 cm³/mol. The summed E-state index contributed by atoms with van der Waals surface area (Å²) in [5.74, 6) is -0.616. The van der Waals surface area contributed by atoms with E-state index in [1.165, 1.54) is 32.3 Å². The molecule has 5 rings (SSSR count). The average Bonchev–Trinajstić information content (AvgIpc) is 3.12. The van der Waals surface area contributed by atoms with Gasteiger partial charge in [-0.05, 0) is 58.1 Å². The number of hydrogen-bond acceptors (Lipinski definition) is 6. The van der Waals surface area contributed by atoms with Crippen molar-refractivity contribution < 1.29 is 26.7 Å². The quantitative estimate of drug-likeness (QED) is 0.137. The number of rotatable bonds is 12. The Morgan fingerprint density at radius 3 is 2.02 bits per heavy atom. The van der Waals surface area contributed by atoms with E-state index in [4.69, 9.17) is 23.2 Å². The van der Waals surface area contributed by atoms with Crippen molar-refractivity contribution in [2.24, 2.45) is 0 Å². The number of anilines is 1. The zero-order chi connectivity index (χ0) is 36.9. The van der Waals surface area contributed by atoms with Crippen LogP contribution in [0.25, 0.3) is 11.1 Å². The molecule has 5 aromatic carbocycles. The zero-order valence-electron chi connectivity index (χ0n) is 28.0. The number of carbonyl (C=O) groups is 1. The van der Waals surface area contributed by atoms with Crippen LogP contribution in [0.1, 0.15) is 16.7 Å². The highest BCUT2D eigenvalue weighted by molar-refractivity contribution is 7.89. The molecule has 14 heteroatoms. The van der Waals surface area contributed by atoms with Crippen LogP contribution in [0.3, 0.4) is 0 Å². The summed E-state index contributed by atoms with van der Waals surface area (Å²) in [7, 11) is -3.61. The first kappa shape index (κ1) is 37.8. The molecule has 0 saturated heterocycles. The molecule has 10 nitrogen and oxygen atoms in total. The van der Waals surface area contributed by atoms with Gasteiger partial charge in [0.2, 0.25) is 20.0 Å². The van der Waals surface area contributed by atoms with E-state index < -0.39 is 30.7 Å². The van der Waals surface area contributed by atoms with E-state index in [2.05, 4.69) is 4.72 Å². The van der Waals surface area contributed by atoms with Crippen molar-refractivity contribution in [3.05, 3.63) is 142 Å². The Hall–Kier alpha value is -4.43. The molecule has 0 spiro atoms. The Labute approximate surface area is 308 Å². The maximum atomic E-state index is 14.1. The van der Waals surface area contributed by atoms with Crippen LogP contribution in [0.4, 0.5) is 10.5 Å². The first-order chi connectivity index (χ1) is 24.2. The van der Waals surface area contributed by atoms with Gasteiger partial charge in [-0.15, -0.1) is 0 Å². The van der Waals surface area contributed by atoms with Crippen LogP contribution in [0.15, 0.2) is 125 Å². The Morgan fingerprint density at radius 2 is 1.33 bits per heavy atom. The number of phenols is 1. The van der Waals surface area contributed by atoms with Crippen LogP contribution in [0.2, 0.25) is 10.0 Å². The molecule has 0 fully saturated rings. The number of hydrogen-bond donors (Lipinski definition) is 2. The molecule has 0 heterocycles. The maximum Gasteiger partial charge on any atom is 0.323 e. The Balaban J connectivity index is 1.40. The molecule has 51 heavy (non-hydrogen) atoms. The third-order valence-corrected chi connectivity index (χ3v) is 11.7. The SMILES string of the molecule is CN(C)C(=O)N(C)c1cccc(S(=O)(=O)NCc2cccc(CN(Cc3ccc(-c4ccccc4)cc3)S(=O)(=O)c3cc(Cl)cc(Cl)c3O)c2)c1. The van der Waals surface area contributed by atoms with Gasteiger partial charge in [0.25, 0.3) is 0 Å². The molecule has 0 radical (unpaired) electrons. The fourth-order valence-electron chi connectivity index (χ4n) is 5.31. The maximum absolute atomic E-state index is 14.1. The van der Waals surface area contributed by atoms with Gasteiger partial charge in [0, 0.05) is 51.5 Å². The smallest absolute Gasteiger partial charge is 0.323 e. The van der Waals surface area contributed by atoms with Crippen LogP contribution in [0.5, 0.6) is 5.75 Å². The number of nitrogens with one attached hydrogen (secondary N) is 1. The first-order valence-corrected chi connectivity index (χ1v) is 19.3. The van der Waals surface area contributed by atoms with Gasteiger partial charge >= 0.3 is 6.03 Å². The lowest BCUT2D eigenvalue weighted by molar-refractivity contribution is 0.225. The minimum Gasteiger partial charge on any atom is -0.505 e. The number of aromatic hydroxyl groups is 1. The summed E-state index contributed by atoms with van der Waals surface area (Å²) in [5.41, 5.74) is 4.21. The average molecular weight is 768 g/mol. The van der Waals surface area contributed by atoms with E-state index >= 15 is 0 Å². The molecular weight excluding hydrogens is 731 g/mol. The van der Waals surface area contributed by atoms with Crippen molar-refractivity contribution in [1.82, 2.24) is 13.9 Å². The minimum atomic E-state index is -4.37. The van der Waals surface area contributed by atoms with Crippen molar-refractivity contribution in [2.75, 3.05) is 26.0 Å². The number of phenolic OH excluding ortho intramolecular Hbond substituents is 1. The van der Waals surface area contributed by atoms with Gasteiger partial charge in [0.05, 0.1) is 9.92 Å². The normalized spacial score (nSPS) is 11.8. The Kier molecular flexibility index (Phi) is 11.8. The van der Waals surface area contributed by atoms with Crippen LogP contribution in [0, 0.1) is 0 Å². The van der Waals surface area contributed by atoms with Gasteiger partial charge in [-0.2, -0.15) is 4.31 Å². The van der Waals surface area contributed by atoms with Crippen LogP contribution in [-0.4, -0.2) is 58.3 Å². The second-order valence-corrected chi connectivity index (χ2v) is 16.5. The summed E-state index contributed by atoms with van der Waals surface area (Å²) in [4.78, 5) is 14.7. The number of carbonyl (C=O) groups excluding carboxylic acids is 1. The molecule has 0 bridgehead atoms. The molecule has 266 valence electrons. The van der Waals surface area contributed by atoms with Gasteiger partial charge in [0.15, 0.2) is 5.75 Å². The van der Waals surface area contributed by atoms with Crippen molar-refractivity contribution >= 4 is 55.0 Å². The zero-order valence-corrected chi connectivity index (χ0v) is 31.1. The number of urea groups is 1. The van der Waals surface area contributed by atoms with Gasteiger partial charge in [0.1, 0.15) is 4.90 Å². The topological polar surface area (TPSA) is 127 Å². The summed E-state index contributed by atoms with van der Waals surface area (Å²) in [6.07, 6.45) is 0. The highest BCUT2D eigenvalue weighted by Gasteiger charge is 2.30. The molecule has 0 aromatic heterocycles. The van der Waals surface area contributed by atoms with Crippen LogP contribution < -0.4 is 9.62 Å². The summed E-state index contributed by atoms with van der Waals surface area (Å²) in [6.45, 7) is -0.272. The van der Waals surface area contributed by atoms with E-state index in [0.29, 0.717) is 22.4 Å². The lowest BCUT2D eigenvalue weighted by atomic mass is 10.0. The third-order valence-electron chi connectivity index (χ3n) is 8.03. The Bertz CT molecular complexity index is 2250. The summed E-state index contributed by atoms with van der Waals surface area (Å²) < 4.78 is 58.6. The highest BCUT2D eigenvalue weighted by atomic mass is 35.5. The van der Waals surface area contributed by atoms with E-state index in [1.807, 2.05) is 54.6 Å². The third kappa shape index (κ3) is 9.09. The number of benzene rings is 5. The lowest BCUT2D eigenvalue weighted by Crippen LogP contribution is -2.36. The summed E-state index contributed by atoms with van der Waals surface area (Å²) in [6, 6.07) is 32.2. The molecule has 0 aliphatic heterocycles. The standard InChI is InChI=1S/C37H36Cl2N4O6S2/c1-41(2)37(45)42(3)32-13-8-14-33(22-32)50(46,47)40-23-27-9-7-10-28(19-27)25-43(51(48,49)35-21-31(38)20-34(39)36(35)44)24-26-15-17-30(18-16-26)29-11-5-4-6-12-29/h4-22,40,44H,23-25H2,1-3H3. The first-order valence-electron chi connectivity index (χ1n) is 15.6. The molecule has 5 aromatic rings. The van der Waals surface area contributed by atoms with Gasteiger partial charge < -0.3 is 10.0 Å². The largest absolute Gasteiger partial charge is 0.505 e. The number of nitrogens with zero attached hydrogens (tertiary/aromatic N) is 3. The lowest BCUT2D eigenvalue weighted by Gasteiger charge is -2.24. The molecule has 0 unspecified atom stereocenters.